The van der Waals surface area contributed by atoms with Gasteiger partial charge in [-0.3, -0.25) is 4.21 Å². The number of hydrogen-bond donors (Lipinski definition) is 1. The molecule has 11 heavy (non-hydrogen) atoms. The molecule has 0 aliphatic heterocycles. The topological polar surface area (TPSA) is 66.2 Å². The van der Waals surface area contributed by atoms with Crippen molar-refractivity contribution in [3.63, 3.8) is 0 Å². The van der Waals surface area contributed by atoms with E-state index in [0.29, 0.717) is 5.02 Å². The third-order valence-electron chi connectivity index (χ3n) is 1.16. The van der Waals surface area contributed by atoms with Gasteiger partial charge in [-0.15, -0.1) is 0 Å². The number of hydrogen-bond acceptors (Lipinski definition) is 3. The maximum absolute atomic E-state index is 10.4. The molecular weight excluding hydrogens is 186 g/mol. The highest BCUT2D eigenvalue weighted by Gasteiger charge is 1.97. The summed E-state index contributed by atoms with van der Waals surface area (Å²) in [6, 6.07) is 4.15. The van der Waals surface area contributed by atoms with Crippen molar-refractivity contribution in [3.8, 4) is 0 Å². The minimum atomic E-state index is -2.24. The fraction of sp³-hybridized carbons (Fsp3) is 0. The summed E-state index contributed by atoms with van der Waals surface area (Å²) >= 11 is 3.32. The van der Waals surface area contributed by atoms with Gasteiger partial charge in [-0.1, -0.05) is 11.6 Å². The average Bonchev–Trinajstić information content (AvgIpc) is 1.94. The second-order valence-corrected chi connectivity index (χ2v) is 3.27. The van der Waals surface area contributed by atoms with Crippen molar-refractivity contribution in [3.05, 3.63) is 23.2 Å². The van der Waals surface area contributed by atoms with Crippen LogP contribution in [0, 0.1) is 0 Å². The van der Waals surface area contributed by atoms with Crippen molar-refractivity contribution in [2.45, 2.75) is 4.90 Å². The second-order valence-electron chi connectivity index (χ2n) is 1.92. The molecule has 1 atom stereocenters. The van der Waals surface area contributed by atoms with Crippen molar-refractivity contribution in [1.29, 1.82) is 0 Å². The molecule has 0 saturated heterocycles. The van der Waals surface area contributed by atoms with Crippen LogP contribution in [0.3, 0.4) is 0 Å². The van der Waals surface area contributed by atoms with E-state index in [1.165, 1.54) is 18.2 Å². The van der Waals surface area contributed by atoms with E-state index in [-0.39, 0.29) is 10.6 Å². The second kappa shape index (κ2) is 3.21. The van der Waals surface area contributed by atoms with Crippen molar-refractivity contribution in [2.24, 2.45) is 0 Å². The van der Waals surface area contributed by atoms with Crippen LogP contribution >= 0.6 is 11.6 Å². The molecule has 0 spiro atoms. The van der Waals surface area contributed by atoms with Gasteiger partial charge in [0.15, 0.2) is 0 Å². The van der Waals surface area contributed by atoms with Gasteiger partial charge < -0.3 is 10.3 Å². The van der Waals surface area contributed by atoms with Crippen LogP contribution in [0.15, 0.2) is 23.1 Å². The van der Waals surface area contributed by atoms with Crippen molar-refractivity contribution < 1.29 is 8.76 Å². The van der Waals surface area contributed by atoms with Gasteiger partial charge in [-0.2, -0.15) is 0 Å². The summed E-state index contributed by atoms with van der Waals surface area (Å²) in [5.74, 6) is 0. The first-order valence-corrected chi connectivity index (χ1v) is 4.21. The number of benzene rings is 1. The third kappa shape index (κ3) is 1.92. The number of anilines is 1. The number of nitrogens with two attached hydrogens (primary N) is 1. The summed E-state index contributed by atoms with van der Waals surface area (Å²) in [5, 5.41) is 0.360. The predicted octanol–water partition coefficient (Wildman–Crippen LogP) is 1.16. The van der Waals surface area contributed by atoms with E-state index in [4.69, 9.17) is 17.3 Å². The zero-order valence-corrected chi connectivity index (χ0v) is 6.98. The molecule has 1 aromatic carbocycles. The fourth-order valence-corrected chi connectivity index (χ4v) is 1.15. The van der Waals surface area contributed by atoms with E-state index in [0.717, 1.165) is 0 Å². The molecule has 5 heteroatoms. The van der Waals surface area contributed by atoms with E-state index in [1.807, 2.05) is 0 Å². The average molecular weight is 191 g/mol. The normalized spacial score (nSPS) is 12.9. The van der Waals surface area contributed by atoms with Gasteiger partial charge in [0.05, 0.1) is 10.7 Å². The SMILES string of the molecule is Nc1cc(S(=O)[O-])ccc1Cl. The van der Waals surface area contributed by atoms with E-state index in [2.05, 4.69) is 0 Å². The maximum atomic E-state index is 10.4. The summed E-state index contributed by atoms with van der Waals surface area (Å²) in [6.07, 6.45) is 0. The molecule has 0 saturated carbocycles. The van der Waals surface area contributed by atoms with Gasteiger partial charge in [-0.25, -0.2) is 0 Å². The molecular formula is C6H5ClNO2S-. The van der Waals surface area contributed by atoms with Crippen LogP contribution in [0.4, 0.5) is 5.69 Å². The predicted molar refractivity (Wildman–Crippen MR) is 43.1 cm³/mol. The molecule has 0 aliphatic rings. The first kappa shape index (κ1) is 8.52. The molecule has 0 fully saturated rings. The van der Waals surface area contributed by atoms with Crippen LogP contribution in [0.2, 0.25) is 5.02 Å². The molecule has 0 aliphatic carbocycles. The lowest BCUT2D eigenvalue weighted by Gasteiger charge is -2.05. The molecule has 0 aromatic heterocycles. The lowest BCUT2D eigenvalue weighted by atomic mass is 10.3. The maximum Gasteiger partial charge on any atom is 0.0636 e. The first-order chi connectivity index (χ1) is 5.11. The molecule has 60 valence electrons. The molecule has 0 heterocycles. The Morgan fingerprint density at radius 3 is 2.64 bits per heavy atom. The van der Waals surface area contributed by atoms with Crippen LogP contribution in [-0.4, -0.2) is 8.76 Å². The Balaban J connectivity index is 3.15. The molecule has 0 amide bonds. The molecule has 1 unspecified atom stereocenters. The van der Waals surface area contributed by atoms with Gasteiger partial charge in [0.25, 0.3) is 0 Å². The first-order valence-electron chi connectivity index (χ1n) is 2.75. The van der Waals surface area contributed by atoms with E-state index in [9.17, 15) is 8.76 Å². The highest BCUT2D eigenvalue weighted by molar-refractivity contribution is 7.79. The quantitative estimate of drug-likeness (QED) is 0.534. The van der Waals surface area contributed by atoms with Crippen molar-refractivity contribution in [1.82, 2.24) is 0 Å². The fourth-order valence-electron chi connectivity index (χ4n) is 0.626. The standard InChI is InChI=1S/C6H6ClNO2S/c7-5-2-1-4(11(9)10)3-6(5)8/h1-3H,8H2,(H,9,10)/p-1. The monoisotopic (exact) mass is 190 g/mol. The Morgan fingerprint density at radius 2 is 2.18 bits per heavy atom. The van der Waals surface area contributed by atoms with E-state index in [1.54, 1.807) is 0 Å². The largest absolute Gasteiger partial charge is 0.768 e. The minimum Gasteiger partial charge on any atom is -0.768 e. The zero-order chi connectivity index (χ0) is 8.43. The Labute approximate surface area is 71.5 Å². The third-order valence-corrected chi connectivity index (χ3v) is 2.14. The lowest BCUT2D eigenvalue weighted by Crippen LogP contribution is -1.92. The van der Waals surface area contributed by atoms with Gasteiger partial charge in [-0.05, 0) is 29.3 Å². The van der Waals surface area contributed by atoms with Gasteiger partial charge >= 0.3 is 0 Å². The van der Waals surface area contributed by atoms with Crippen LogP contribution in [0.5, 0.6) is 0 Å². The summed E-state index contributed by atoms with van der Waals surface area (Å²) in [4.78, 5) is 0.145. The molecule has 1 rings (SSSR count). The Bertz CT molecular complexity index is 303. The van der Waals surface area contributed by atoms with Crippen molar-refractivity contribution in [2.75, 3.05) is 5.73 Å². The number of rotatable bonds is 1. The number of nitrogen functional groups attached to an aromatic ring is 1. The van der Waals surface area contributed by atoms with Crippen molar-refractivity contribution >= 4 is 28.4 Å². The molecule has 2 N–H and O–H groups in total. The van der Waals surface area contributed by atoms with E-state index >= 15 is 0 Å². The van der Waals surface area contributed by atoms with Crippen LogP contribution < -0.4 is 5.73 Å². The molecule has 0 bridgehead atoms. The van der Waals surface area contributed by atoms with E-state index < -0.39 is 11.1 Å². The zero-order valence-electron chi connectivity index (χ0n) is 5.41. The molecule has 0 radical (unpaired) electrons. The number of halogens is 1. The Morgan fingerprint density at radius 1 is 1.55 bits per heavy atom. The van der Waals surface area contributed by atoms with Gasteiger partial charge in [0, 0.05) is 4.90 Å². The summed E-state index contributed by atoms with van der Waals surface area (Å²) in [7, 11) is 0. The Hall–Kier alpha value is -0.580. The molecule has 1 aromatic rings. The lowest BCUT2D eigenvalue weighted by molar-refractivity contribution is 0.537. The Kier molecular flexibility index (Phi) is 2.49. The smallest absolute Gasteiger partial charge is 0.0636 e. The van der Waals surface area contributed by atoms with Crippen LogP contribution in [0.25, 0.3) is 0 Å². The summed E-state index contributed by atoms with van der Waals surface area (Å²) in [6.45, 7) is 0. The highest BCUT2D eigenvalue weighted by atomic mass is 35.5. The summed E-state index contributed by atoms with van der Waals surface area (Å²) < 4.78 is 20.7. The van der Waals surface area contributed by atoms with Crippen LogP contribution in [-0.2, 0) is 11.1 Å². The molecule has 3 nitrogen and oxygen atoms in total. The summed E-state index contributed by atoms with van der Waals surface area (Å²) in [5.41, 5.74) is 5.62. The van der Waals surface area contributed by atoms with Gasteiger partial charge in [0.1, 0.15) is 0 Å². The highest BCUT2D eigenvalue weighted by Crippen LogP contribution is 2.20. The van der Waals surface area contributed by atoms with Crippen LogP contribution in [0.1, 0.15) is 0 Å². The minimum absolute atomic E-state index is 0.145. The van der Waals surface area contributed by atoms with Gasteiger partial charge in [0.2, 0.25) is 0 Å².